The van der Waals surface area contributed by atoms with E-state index in [4.69, 9.17) is 0 Å². The number of pyridine rings is 2. The van der Waals surface area contributed by atoms with Crippen LogP contribution in [0.15, 0.2) is 170 Å². The number of benzene rings is 7. The van der Waals surface area contributed by atoms with E-state index < -0.39 is 0 Å². The number of nitrogens with zero attached hydrogens (tertiary/aromatic N) is 2. The number of fused-ring (bicyclic) bond motifs is 7. The molecule has 0 saturated carbocycles. The van der Waals surface area contributed by atoms with Crippen LogP contribution in [0.1, 0.15) is 0 Å². The quantitative estimate of drug-likeness (QED) is 0.192. The lowest BCUT2D eigenvalue weighted by Crippen LogP contribution is -1.91. The molecule has 0 saturated heterocycles. The first kappa shape index (κ1) is 26.3. The van der Waals surface area contributed by atoms with E-state index in [9.17, 15) is 0 Å². The molecule has 0 N–H and O–H groups in total. The van der Waals surface area contributed by atoms with E-state index in [-0.39, 0.29) is 0 Å². The Morgan fingerprint density at radius 2 is 0.674 bits per heavy atom. The second-order valence-corrected chi connectivity index (χ2v) is 11.8. The van der Waals surface area contributed by atoms with Crippen molar-refractivity contribution in [2.24, 2.45) is 0 Å². The molecular formula is C44H28N2. The van der Waals surface area contributed by atoms with Gasteiger partial charge in [-0.25, -0.2) is 0 Å². The Labute approximate surface area is 267 Å². The van der Waals surface area contributed by atoms with Gasteiger partial charge in [0.1, 0.15) is 0 Å². The van der Waals surface area contributed by atoms with Crippen molar-refractivity contribution in [3.63, 3.8) is 0 Å². The van der Waals surface area contributed by atoms with Crippen LogP contribution in [-0.2, 0) is 0 Å². The molecule has 0 spiro atoms. The lowest BCUT2D eigenvalue weighted by Gasteiger charge is -2.16. The molecule has 0 aliphatic rings. The molecule has 0 fully saturated rings. The molecule has 0 aliphatic carbocycles. The molecule has 0 radical (unpaired) electrons. The molecule has 9 rings (SSSR count). The van der Waals surface area contributed by atoms with Crippen molar-refractivity contribution < 1.29 is 0 Å². The average Bonchev–Trinajstić information content (AvgIpc) is 3.15. The third-order valence-corrected chi connectivity index (χ3v) is 9.14. The van der Waals surface area contributed by atoms with Gasteiger partial charge in [0.15, 0.2) is 0 Å². The maximum absolute atomic E-state index is 4.68. The molecule has 0 atom stereocenters. The second-order valence-electron chi connectivity index (χ2n) is 11.8. The van der Waals surface area contributed by atoms with E-state index in [1.165, 1.54) is 59.8 Å². The largest absolute Gasteiger partial charge is 0.256 e. The lowest BCUT2D eigenvalue weighted by molar-refractivity contribution is 1.31. The summed E-state index contributed by atoms with van der Waals surface area (Å²) >= 11 is 0. The zero-order valence-electron chi connectivity index (χ0n) is 25.1. The summed E-state index contributed by atoms with van der Waals surface area (Å²) < 4.78 is 0. The summed E-state index contributed by atoms with van der Waals surface area (Å²) in [6.45, 7) is 0. The van der Waals surface area contributed by atoms with Gasteiger partial charge in [0, 0.05) is 23.5 Å². The van der Waals surface area contributed by atoms with E-state index in [1.807, 2.05) is 36.7 Å². The van der Waals surface area contributed by atoms with Crippen molar-refractivity contribution in [1.29, 1.82) is 0 Å². The molecule has 7 aromatic carbocycles. The molecular weight excluding hydrogens is 556 g/mol. The molecule has 46 heavy (non-hydrogen) atoms. The van der Waals surface area contributed by atoms with Gasteiger partial charge in [-0.2, -0.15) is 0 Å². The highest BCUT2D eigenvalue weighted by molar-refractivity contribution is 6.26. The molecule has 2 heterocycles. The number of rotatable bonds is 4. The van der Waals surface area contributed by atoms with Crippen molar-refractivity contribution in [1.82, 2.24) is 9.97 Å². The molecule has 9 aromatic rings. The Morgan fingerprint density at radius 1 is 0.261 bits per heavy atom. The van der Waals surface area contributed by atoms with Gasteiger partial charge in [0.05, 0.1) is 11.4 Å². The van der Waals surface area contributed by atoms with Crippen LogP contribution in [0.5, 0.6) is 0 Å². The third kappa shape index (κ3) is 4.35. The zero-order valence-corrected chi connectivity index (χ0v) is 25.1. The Bertz CT molecular complexity index is 2480. The zero-order chi connectivity index (χ0) is 30.5. The highest BCUT2D eigenvalue weighted by Gasteiger charge is 2.15. The van der Waals surface area contributed by atoms with Crippen LogP contribution >= 0.6 is 0 Å². The van der Waals surface area contributed by atoms with E-state index in [1.54, 1.807) is 0 Å². The van der Waals surface area contributed by atoms with Gasteiger partial charge in [0.25, 0.3) is 0 Å². The topological polar surface area (TPSA) is 25.8 Å². The van der Waals surface area contributed by atoms with E-state index in [0.29, 0.717) is 0 Å². The van der Waals surface area contributed by atoms with Gasteiger partial charge in [-0.1, -0.05) is 109 Å². The van der Waals surface area contributed by atoms with Crippen molar-refractivity contribution in [3.8, 4) is 44.8 Å². The SMILES string of the molecule is c1ccc(-c2cc(-c3ccccn3)cc(-c3ccc(-c4ccc5c6ccccc6c6ccccc6c5c4)c4ccccc34)c2)nc1. The standard InChI is InChI=1S/C44H28N2/c1-2-12-36-34(30-25-31(43-17-7-9-23-45-43)27-32(26-30)44-18-8-10-24-46-44)22-21-33(35(36)11-1)29-19-20-41-39-15-4-3-13-37(39)38-14-5-6-16-40(38)42(41)28-29/h1-28H. The van der Waals surface area contributed by atoms with Gasteiger partial charge in [0.2, 0.25) is 0 Å². The van der Waals surface area contributed by atoms with Crippen LogP contribution < -0.4 is 0 Å². The minimum atomic E-state index is 0.943. The first-order valence-corrected chi connectivity index (χ1v) is 15.7. The maximum atomic E-state index is 4.68. The summed E-state index contributed by atoms with van der Waals surface area (Å²) in [7, 11) is 0. The lowest BCUT2D eigenvalue weighted by atomic mass is 9.88. The van der Waals surface area contributed by atoms with Crippen molar-refractivity contribution in [2.45, 2.75) is 0 Å². The maximum Gasteiger partial charge on any atom is 0.0702 e. The fourth-order valence-electron chi connectivity index (χ4n) is 7.02. The van der Waals surface area contributed by atoms with Crippen LogP contribution in [0.25, 0.3) is 87.9 Å². The van der Waals surface area contributed by atoms with Crippen LogP contribution in [-0.4, -0.2) is 9.97 Å². The minimum Gasteiger partial charge on any atom is -0.256 e. The van der Waals surface area contributed by atoms with Crippen LogP contribution in [0.3, 0.4) is 0 Å². The molecule has 0 bridgehead atoms. The van der Waals surface area contributed by atoms with Gasteiger partial charge in [-0.15, -0.1) is 0 Å². The fraction of sp³-hybridized carbons (Fsp3) is 0. The summed E-state index contributed by atoms with van der Waals surface area (Å²) in [5, 5.41) is 10.2. The van der Waals surface area contributed by atoms with Gasteiger partial charge in [-0.3, -0.25) is 9.97 Å². The highest BCUT2D eigenvalue weighted by Crippen LogP contribution is 2.41. The van der Waals surface area contributed by atoms with Crippen LogP contribution in [0.4, 0.5) is 0 Å². The molecule has 0 aliphatic heterocycles. The predicted octanol–water partition coefficient (Wildman–Crippen LogP) is 11.8. The Hall–Kier alpha value is -6.12. The highest BCUT2D eigenvalue weighted by atomic mass is 14.7. The van der Waals surface area contributed by atoms with Gasteiger partial charge >= 0.3 is 0 Å². The van der Waals surface area contributed by atoms with Crippen LogP contribution in [0.2, 0.25) is 0 Å². The summed E-state index contributed by atoms with van der Waals surface area (Å²) in [6, 6.07) is 56.6. The predicted molar refractivity (Wildman–Crippen MR) is 194 cm³/mol. The fourth-order valence-corrected chi connectivity index (χ4v) is 7.02. The number of hydrogen-bond donors (Lipinski definition) is 0. The molecule has 214 valence electrons. The van der Waals surface area contributed by atoms with E-state index >= 15 is 0 Å². The first-order chi connectivity index (χ1) is 22.8. The molecule has 2 nitrogen and oxygen atoms in total. The third-order valence-electron chi connectivity index (χ3n) is 9.14. The Kier molecular flexibility index (Phi) is 6.17. The van der Waals surface area contributed by atoms with Gasteiger partial charge in [-0.05, 0) is 114 Å². The Balaban J connectivity index is 1.26. The summed E-state index contributed by atoms with van der Waals surface area (Å²) in [4.78, 5) is 9.36. The summed E-state index contributed by atoms with van der Waals surface area (Å²) in [5.74, 6) is 0. The van der Waals surface area contributed by atoms with Crippen LogP contribution in [0, 0.1) is 0 Å². The van der Waals surface area contributed by atoms with Crippen molar-refractivity contribution in [3.05, 3.63) is 170 Å². The monoisotopic (exact) mass is 584 g/mol. The van der Waals surface area contributed by atoms with Crippen molar-refractivity contribution in [2.75, 3.05) is 0 Å². The first-order valence-electron chi connectivity index (χ1n) is 15.7. The number of aromatic nitrogens is 2. The Morgan fingerprint density at radius 3 is 1.17 bits per heavy atom. The summed E-state index contributed by atoms with van der Waals surface area (Å²) in [6.07, 6.45) is 3.70. The van der Waals surface area contributed by atoms with E-state index in [2.05, 4.69) is 143 Å². The minimum absolute atomic E-state index is 0.943. The summed E-state index contributed by atoms with van der Waals surface area (Å²) in [5.41, 5.74) is 8.79. The molecule has 2 aromatic heterocycles. The normalized spacial score (nSPS) is 11.5. The van der Waals surface area contributed by atoms with E-state index in [0.717, 1.165) is 28.1 Å². The van der Waals surface area contributed by atoms with Gasteiger partial charge < -0.3 is 0 Å². The molecule has 0 unspecified atom stereocenters. The average molecular weight is 585 g/mol. The molecule has 2 heteroatoms. The number of hydrogen-bond acceptors (Lipinski definition) is 2. The second kappa shape index (κ2) is 10.8. The molecule has 0 amide bonds. The smallest absolute Gasteiger partial charge is 0.0702 e. The van der Waals surface area contributed by atoms with Crippen molar-refractivity contribution >= 4 is 43.1 Å².